The van der Waals surface area contributed by atoms with Gasteiger partial charge in [0.2, 0.25) is 0 Å². The number of carbonyl (C=O) groups excluding carboxylic acids is 1. The third-order valence-electron chi connectivity index (χ3n) is 3.37. The molecule has 0 aliphatic heterocycles. The first-order valence-electron chi connectivity index (χ1n) is 6.34. The molecule has 0 saturated heterocycles. The topological polar surface area (TPSA) is 26.3 Å². The van der Waals surface area contributed by atoms with E-state index in [0.717, 1.165) is 22.4 Å². The number of rotatable bonds is 4. The molecule has 0 saturated carbocycles. The van der Waals surface area contributed by atoms with Crippen LogP contribution in [0.25, 0.3) is 0 Å². The maximum absolute atomic E-state index is 12.3. The van der Waals surface area contributed by atoms with E-state index in [1.54, 1.807) is 7.11 Å². The molecule has 0 heterocycles. The minimum Gasteiger partial charge on any atom is -0.496 e. The second-order valence-corrected chi connectivity index (χ2v) is 4.71. The van der Waals surface area contributed by atoms with Crippen molar-refractivity contribution in [3.05, 3.63) is 64.7 Å². The van der Waals surface area contributed by atoms with E-state index in [1.807, 2.05) is 56.3 Å². The molecule has 0 amide bonds. The lowest BCUT2D eigenvalue weighted by atomic mass is 9.99. The number of hydrogen-bond donors (Lipinski definition) is 0. The summed E-state index contributed by atoms with van der Waals surface area (Å²) in [7, 11) is 1.62. The number of ether oxygens (including phenoxy) is 1. The molecule has 2 heteroatoms. The largest absolute Gasteiger partial charge is 0.496 e. The van der Waals surface area contributed by atoms with Gasteiger partial charge >= 0.3 is 0 Å². The minimum absolute atomic E-state index is 0.118. The predicted octanol–water partition coefficient (Wildman–Crippen LogP) is 3.74. The Morgan fingerprint density at radius 1 is 1.05 bits per heavy atom. The number of para-hydroxylation sites is 1. The number of hydrogen-bond acceptors (Lipinski definition) is 2. The van der Waals surface area contributed by atoms with Gasteiger partial charge in [-0.3, -0.25) is 4.79 Å². The molecule has 2 aromatic rings. The fourth-order valence-electron chi connectivity index (χ4n) is 2.04. The summed E-state index contributed by atoms with van der Waals surface area (Å²) in [4.78, 5) is 12.3. The maximum Gasteiger partial charge on any atom is 0.167 e. The lowest BCUT2D eigenvalue weighted by Gasteiger charge is -2.08. The zero-order valence-corrected chi connectivity index (χ0v) is 11.6. The lowest BCUT2D eigenvalue weighted by molar-refractivity contribution is 0.0992. The molecule has 0 N–H and O–H groups in total. The molecule has 0 bridgehead atoms. The van der Waals surface area contributed by atoms with Gasteiger partial charge in [0.15, 0.2) is 5.78 Å². The Hall–Kier alpha value is -2.09. The van der Waals surface area contributed by atoms with Crippen LogP contribution in [0.15, 0.2) is 42.5 Å². The number of Topliss-reactive ketones (excluding diaryl/α,β-unsaturated/α-hetero) is 1. The first-order chi connectivity index (χ1) is 9.11. The van der Waals surface area contributed by atoms with Crippen LogP contribution in [-0.2, 0) is 6.42 Å². The number of aryl methyl sites for hydroxylation is 2. The first kappa shape index (κ1) is 13.3. The van der Waals surface area contributed by atoms with Gasteiger partial charge in [0.1, 0.15) is 5.75 Å². The highest BCUT2D eigenvalue weighted by atomic mass is 16.5. The van der Waals surface area contributed by atoms with Crippen LogP contribution >= 0.6 is 0 Å². The summed E-state index contributed by atoms with van der Waals surface area (Å²) in [5.74, 6) is 0.882. The van der Waals surface area contributed by atoms with Crippen LogP contribution in [-0.4, -0.2) is 12.9 Å². The molecule has 19 heavy (non-hydrogen) atoms. The monoisotopic (exact) mass is 254 g/mol. The van der Waals surface area contributed by atoms with Crippen LogP contribution in [0, 0.1) is 13.8 Å². The van der Waals surface area contributed by atoms with E-state index in [4.69, 9.17) is 4.74 Å². The first-order valence-corrected chi connectivity index (χ1v) is 6.34. The molecule has 0 aliphatic rings. The molecule has 0 unspecified atom stereocenters. The second kappa shape index (κ2) is 5.70. The number of benzene rings is 2. The van der Waals surface area contributed by atoms with Crippen LogP contribution in [0.1, 0.15) is 27.0 Å². The van der Waals surface area contributed by atoms with E-state index in [1.165, 1.54) is 5.56 Å². The Morgan fingerprint density at radius 3 is 2.47 bits per heavy atom. The van der Waals surface area contributed by atoms with E-state index < -0.39 is 0 Å². The second-order valence-electron chi connectivity index (χ2n) is 4.71. The standard InChI is InChI=1S/C17H18O2/c1-12-8-9-14(10-13(12)2)16(18)11-15-6-4-5-7-17(15)19-3/h4-10H,11H2,1-3H3. The molecule has 0 fully saturated rings. The molecule has 2 aromatic carbocycles. The summed E-state index contributed by atoms with van der Waals surface area (Å²) in [6.07, 6.45) is 0.368. The van der Waals surface area contributed by atoms with Crippen LogP contribution in [0.5, 0.6) is 5.75 Å². The van der Waals surface area contributed by atoms with Gasteiger partial charge in [-0.2, -0.15) is 0 Å². The third-order valence-corrected chi connectivity index (χ3v) is 3.37. The van der Waals surface area contributed by atoms with E-state index in [0.29, 0.717) is 6.42 Å². The Morgan fingerprint density at radius 2 is 1.79 bits per heavy atom. The molecule has 0 aliphatic carbocycles. The van der Waals surface area contributed by atoms with Gasteiger partial charge in [0.05, 0.1) is 7.11 Å². The lowest BCUT2D eigenvalue weighted by Crippen LogP contribution is -2.05. The molecular formula is C17H18O2. The molecule has 0 radical (unpaired) electrons. The van der Waals surface area contributed by atoms with Crippen LogP contribution in [0.3, 0.4) is 0 Å². The van der Waals surface area contributed by atoms with E-state index in [2.05, 4.69) is 0 Å². The van der Waals surface area contributed by atoms with Gasteiger partial charge in [-0.05, 0) is 37.1 Å². The number of methoxy groups -OCH3 is 1. The molecular weight excluding hydrogens is 236 g/mol. The average molecular weight is 254 g/mol. The van der Waals surface area contributed by atoms with Crippen LogP contribution < -0.4 is 4.74 Å². The van der Waals surface area contributed by atoms with Gasteiger partial charge in [-0.15, -0.1) is 0 Å². The zero-order valence-electron chi connectivity index (χ0n) is 11.6. The van der Waals surface area contributed by atoms with Crippen LogP contribution in [0.4, 0.5) is 0 Å². The molecule has 98 valence electrons. The van der Waals surface area contributed by atoms with Crippen molar-refractivity contribution < 1.29 is 9.53 Å². The smallest absolute Gasteiger partial charge is 0.167 e. The average Bonchev–Trinajstić information content (AvgIpc) is 2.42. The quantitative estimate of drug-likeness (QED) is 0.777. The molecule has 0 aromatic heterocycles. The summed E-state index contributed by atoms with van der Waals surface area (Å²) in [6.45, 7) is 4.07. The van der Waals surface area contributed by atoms with Crippen molar-refractivity contribution in [1.29, 1.82) is 0 Å². The number of ketones is 1. The summed E-state index contributed by atoms with van der Waals surface area (Å²) in [5, 5.41) is 0. The summed E-state index contributed by atoms with van der Waals surface area (Å²) in [5.41, 5.74) is 4.03. The van der Waals surface area contributed by atoms with Crippen molar-refractivity contribution in [2.24, 2.45) is 0 Å². The Labute approximate surface area is 114 Å². The van der Waals surface area contributed by atoms with Gasteiger partial charge < -0.3 is 4.74 Å². The van der Waals surface area contributed by atoms with Crippen LogP contribution in [0.2, 0.25) is 0 Å². The molecule has 2 rings (SSSR count). The minimum atomic E-state index is 0.118. The van der Waals surface area contributed by atoms with Crippen molar-refractivity contribution in [2.45, 2.75) is 20.3 Å². The van der Waals surface area contributed by atoms with Gasteiger partial charge in [0.25, 0.3) is 0 Å². The third kappa shape index (κ3) is 3.02. The van der Waals surface area contributed by atoms with Crippen molar-refractivity contribution >= 4 is 5.78 Å². The molecule has 0 atom stereocenters. The fourth-order valence-corrected chi connectivity index (χ4v) is 2.04. The summed E-state index contributed by atoms with van der Waals surface area (Å²) < 4.78 is 5.27. The van der Waals surface area contributed by atoms with Crippen molar-refractivity contribution in [2.75, 3.05) is 7.11 Å². The zero-order chi connectivity index (χ0) is 13.8. The Bertz CT molecular complexity index is 600. The SMILES string of the molecule is COc1ccccc1CC(=O)c1ccc(C)c(C)c1. The molecule has 2 nitrogen and oxygen atoms in total. The summed E-state index contributed by atoms with van der Waals surface area (Å²) in [6, 6.07) is 13.5. The van der Waals surface area contributed by atoms with Crippen molar-refractivity contribution in [3.8, 4) is 5.75 Å². The van der Waals surface area contributed by atoms with Gasteiger partial charge in [-0.1, -0.05) is 30.3 Å². The van der Waals surface area contributed by atoms with E-state index >= 15 is 0 Å². The molecule has 0 spiro atoms. The van der Waals surface area contributed by atoms with E-state index in [9.17, 15) is 4.79 Å². The Balaban J connectivity index is 2.23. The van der Waals surface area contributed by atoms with E-state index in [-0.39, 0.29) is 5.78 Å². The highest BCUT2D eigenvalue weighted by Crippen LogP contribution is 2.20. The highest BCUT2D eigenvalue weighted by molar-refractivity contribution is 5.98. The Kier molecular flexibility index (Phi) is 4.00. The van der Waals surface area contributed by atoms with Gasteiger partial charge in [0, 0.05) is 17.5 Å². The maximum atomic E-state index is 12.3. The van der Waals surface area contributed by atoms with Crippen molar-refractivity contribution in [3.63, 3.8) is 0 Å². The highest BCUT2D eigenvalue weighted by Gasteiger charge is 2.11. The normalized spacial score (nSPS) is 10.3. The number of carbonyl (C=O) groups is 1. The fraction of sp³-hybridized carbons (Fsp3) is 0.235. The summed E-state index contributed by atoms with van der Waals surface area (Å²) >= 11 is 0. The predicted molar refractivity (Wildman–Crippen MR) is 76.9 cm³/mol. The van der Waals surface area contributed by atoms with Crippen molar-refractivity contribution in [1.82, 2.24) is 0 Å². The van der Waals surface area contributed by atoms with Gasteiger partial charge in [-0.25, -0.2) is 0 Å².